The first-order valence-corrected chi connectivity index (χ1v) is 19.9. The lowest BCUT2D eigenvalue weighted by atomic mass is 9.90. The third kappa shape index (κ3) is 8.40. The Bertz CT molecular complexity index is 2290. The Morgan fingerprint density at radius 1 is 0.897 bits per heavy atom. The standard InChI is InChI=1S/C43H49N11O4/c1-26-20-29(8-12-33(26)27(2)47-40(57)41-50-42(51-58-41)43(3,4)5)35-21-37(46-25-45-35)48-36-14-11-31(22-44-36)52-16-18-53(19-17-52)32-23-54(24-32)30-9-6-28(7-10-30)34-13-15-38(55)49-39(34)56/h6-12,14,20-22,25,27,32,34H,13,15-19,23-24H2,1-5H3,(H,47,57)(H,49,55,56)(H,44,45,46,48)/t27-,34?/m1/s1. The fourth-order valence-electron chi connectivity index (χ4n) is 7.81. The van der Waals surface area contributed by atoms with E-state index in [9.17, 15) is 14.4 Å². The molecule has 3 aliphatic heterocycles. The van der Waals surface area contributed by atoms with Crippen molar-refractivity contribution in [3.8, 4) is 11.3 Å². The number of benzene rings is 2. The molecule has 2 atom stereocenters. The minimum Gasteiger partial charge on any atom is -0.368 e. The van der Waals surface area contributed by atoms with E-state index in [0.717, 1.165) is 72.9 Å². The molecule has 3 aromatic heterocycles. The summed E-state index contributed by atoms with van der Waals surface area (Å²) in [6, 6.07) is 20.5. The number of nitrogens with zero attached hydrogens (tertiary/aromatic N) is 8. The number of aryl methyl sites for hydroxylation is 1. The second-order valence-corrected chi connectivity index (χ2v) is 16.4. The monoisotopic (exact) mass is 783 g/mol. The number of rotatable bonds is 10. The van der Waals surface area contributed by atoms with Gasteiger partial charge in [0.05, 0.1) is 29.5 Å². The van der Waals surface area contributed by atoms with Crippen LogP contribution in [0.4, 0.5) is 23.0 Å². The lowest BCUT2D eigenvalue weighted by molar-refractivity contribution is -0.134. The van der Waals surface area contributed by atoms with Crippen molar-refractivity contribution in [1.82, 2.24) is 40.6 Å². The summed E-state index contributed by atoms with van der Waals surface area (Å²) in [5, 5.41) is 12.7. The lowest BCUT2D eigenvalue weighted by Gasteiger charge is -2.49. The Hall–Kier alpha value is -6.22. The summed E-state index contributed by atoms with van der Waals surface area (Å²) in [6.07, 6.45) is 4.40. The smallest absolute Gasteiger partial charge is 0.315 e. The van der Waals surface area contributed by atoms with Crippen molar-refractivity contribution in [2.75, 3.05) is 54.4 Å². The highest BCUT2D eigenvalue weighted by atomic mass is 16.5. The van der Waals surface area contributed by atoms with Crippen LogP contribution in [0.5, 0.6) is 0 Å². The van der Waals surface area contributed by atoms with Crippen LogP contribution in [-0.4, -0.2) is 93.0 Å². The first kappa shape index (κ1) is 38.6. The highest BCUT2D eigenvalue weighted by molar-refractivity contribution is 6.01. The molecule has 3 amide bonds. The van der Waals surface area contributed by atoms with Crippen LogP contribution < -0.4 is 25.8 Å². The predicted molar refractivity (Wildman–Crippen MR) is 220 cm³/mol. The molecule has 0 spiro atoms. The van der Waals surface area contributed by atoms with Gasteiger partial charge in [-0.1, -0.05) is 50.2 Å². The van der Waals surface area contributed by atoms with Gasteiger partial charge in [-0.3, -0.25) is 24.6 Å². The maximum Gasteiger partial charge on any atom is 0.315 e. The largest absolute Gasteiger partial charge is 0.368 e. The van der Waals surface area contributed by atoms with E-state index >= 15 is 0 Å². The van der Waals surface area contributed by atoms with Gasteiger partial charge in [0.2, 0.25) is 11.8 Å². The number of aromatic nitrogens is 5. The zero-order valence-electron chi connectivity index (χ0n) is 33.5. The number of piperazine rings is 1. The van der Waals surface area contributed by atoms with Gasteiger partial charge in [-0.05, 0) is 67.3 Å². The summed E-state index contributed by atoms with van der Waals surface area (Å²) in [7, 11) is 0. The fraction of sp³-hybridized carbons (Fsp3) is 0.395. The molecule has 15 heteroatoms. The molecule has 0 bridgehead atoms. The quantitative estimate of drug-likeness (QED) is 0.156. The first-order valence-electron chi connectivity index (χ1n) is 19.9. The Labute approximate surface area is 337 Å². The summed E-state index contributed by atoms with van der Waals surface area (Å²) in [5.41, 5.74) is 6.55. The van der Waals surface area contributed by atoms with E-state index in [2.05, 4.69) is 69.0 Å². The zero-order valence-corrected chi connectivity index (χ0v) is 33.5. The molecule has 3 saturated heterocycles. The lowest BCUT2D eigenvalue weighted by Crippen LogP contribution is -2.63. The Kier molecular flexibility index (Phi) is 10.6. The van der Waals surface area contributed by atoms with Crippen LogP contribution in [0.3, 0.4) is 0 Å². The fourth-order valence-corrected chi connectivity index (χ4v) is 7.81. The van der Waals surface area contributed by atoms with Gasteiger partial charge in [-0.15, -0.1) is 0 Å². The van der Waals surface area contributed by atoms with E-state index in [0.29, 0.717) is 36.3 Å². The van der Waals surface area contributed by atoms with Gasteiger partial charge in [0.25, 0.3) is 0 Å². The van der Waals surface area contributed by atoms with Gasteiger partial charge in [0, 0.05) is 74.5 Å². The van der Waals surface area contributed by atoms with E-state index < -0.39 is 5.91 Å². The van der Waals surface area contributed by atoms with Crippen LogP contribution in [0.25, 0.3) is 11.3 Å². The van der Waals surface area contributed by atoms with Gasteiger partial charge in [0.15, 0.2) is 5.82 Å². The molecule has 3 fully saturated rings. The molecule has 5 aromatic rings. The maximum atomic E-state index is 12.8. The van der Waals surface area contributed by atoms with Crippen LogP contribution >= 0.6 is 0 Å². The summed E-state index contributed by atoms with van der Waals surface area (Å²) in [6.45, 7) is 15.6. The molecule has 8 rings (SSSR count). The van der Waals surface area contributed by atoms with Gasteiger partial charge < -0.3 is 25.0 Å². The Morgan fingerprint density at radius 3 is 2.33 bits per heavy atom. The summed E-state index contributed by atoms with van der Waals surface area (Å²) >= 11 is 0. The molecule has 1 unspecified atom stereocenters. The zero-order chi connectivity index (χ0) is 40.6. The van der Waals surface area contributed by atoms with Crippen molar-refractivity contribution < 1.29 is 18.9 Å². The summed E-state index contributed by atoms with van der Waals surface area (Å²) in [5.74, 6) is 0.705. The normalized spacial score (nSPS) is 18.4. The predicted octanol–water partition coefficient (Wildman–Crippen LogP) is 5.29. The molecule has 0 aliphatic carbocycles. The van der Waals surface area contributed by atoms with Crippen LogP contribution in [0.15, 0.2) is 77.7 Å². The minimum atomic E-state index is -0.415. The second kappa shape index (κ2) is 16.0. The molecule has 3 aliphatic rings. The van der Waals surface area contributed by atoms with E-state index in [1.807, 2.05) is 83.3 Å². The van der Waals surface area contributed by atoms with Crippen LogP contribution in [0.2, 0.25) is 0 Å². The molecule has 2 aromatic carbocycles. The van der Waals surface area contributed by atoms with Crippen molar-refractivity contribution in [1.29, 1.82) is 0 Å². The molecular formula is C43H49N11O4. The molecule has 6 heterocycles. The minimum absolute atomic E-state index is 0.0529. The van der Waals surface area contributed by atoms with Crippen LogP contribution in [0, 0.1) is 6.92 Å². The highest BCUT2D eigenvalue weighted by Gasteiger charge is 2.34. The van der Waals surface area contributed by atoms with E-state index in [4.69, 9.17) is 9.51 Å². The molecular weight excluding hydrogens is 735 g/mol. The third-order valence-electron chi connectivity index (χ3n) is 11.3. The van der Waals surface area contributed by atoms with Crippen molar-refractivity contribution in [2.24, 2.45) is 0 Å². The number of carbonyl (C=O) groups excluding carboxylic acids is 3. The topological polar surface area (TPSA) is 175 Å². The average Bonchev–Trinajstić information content (AvgIpc) is 3.71. The van der Waals surface area contributed by atoms with Crippen molar-refractivity contribution >= 4 is 40.7 Å². The molecule has 58 heavy (non-hydrogen) atoms. The van der Waals surface area contributed by atoms with Gasteiger partial charge in [-0.25, -0.2) is 15.0 Å². The Balaban J connectivity index is 0.806. The number of anilines is 4. The number of hydrogen-bond acceptors (Lipinski definition) is 13. The number of imide groups is 1. The highest BCUT2D eigenvalue weighted by Crippen LogP contribution is 2.31. The van der Waals surface area contributed by atoms with Gasteiger partial charge in [0.1, 0.15) is 18.0 Å². The van der Waals surface area contributed by atoms with Crippen molar-refractivity contribution in [3.63, 3.8) is 0 Å². The number of amides is 3. The third-order valence-corrected chi connectivity index (χ3v) is 11.3. The van der Waals surface area contributed by atoms with E-state index in [-0.39, 0.29) is 35.1 Å². The van der Waals surface area contributed by atoms with Crippen LogP contribution in [-0.2, 0) is 15.0 Å². The second-order valence-electron chi connectivity index (χ2n) is 16.4. The SMILES string of the molecule is Cc1cc(-c2cc(Nc3ccc(N4CCN(C5CN(c6ccc(C7CCC(=O)NC7=O)cc6)C5)CC4)cn3)ncn2)ccc1[C@@H](C)NC(=O)c1nc(C(C)(C)C)no1. The molecule has 15 nitrogen and oxygen atoms in total. The summed E-state index contributed by atoms with van der Waals surface area (Å²) in [4.78, 5) is 61.9. The number of hydrogen-bond donors (Lipinski definition) is 3. The number of nitrogens with one attached hydrogen (secondary N) is 3. The van der Waals surface area contributed by atoms with E-state index in [1.165, 1.54) is 12.0 Å². The number of pyridine rings is 1. The van der Waals surface area contributed by atoms with Gasteiger partial charge in [-0.2, -0.15) is 4.98 Å². The van der Waals surface area contributed by atoms with Crippen LogP contribution in [0.1, 0.15) is 85.7 Å². The molecule has 0 saturated carbocycles. The molecule has 3 N–H and O–H groups in total. The van der Waals surface area contributed by atoms with E-state index in [1.54, 1.807) is 0 Å². The number of carbonyl (C=O) groups is 3. The summed E-state index contributed by atoms with van der Waals surface area (Å²) < 4.78 is 5.22. The molecule has 300 valence electrons. The molecule has 0 radical (unpaired) electrons. The first-order chi connectivity index (χ1) is 27.9. The van der Waals surface area contributed by atoms with Crippen molar-refractivity contribution in [2.45, 2.75) is 70.9 Å². The Morgan fingerprint density at radius 2 is 1.66 bits per heavy atom. The average molecular weight is 784 g/mol. The van der Waals surface area contributed by atoms with Crippen molar-refractivity contribution in [3.05, 3.63) is 102 Å². The maximum absolute atomic E-state index is 12.8. The van der Waals surface area contributed by atoms with Gasteiger partial charge >= 0.3 is 11.8 Å². The number of piperidine rings is 1.